The quantitative estimate of drug-likeness (QED) is 0.383. The first-order valence-corrected chi connectivity index (χ1v) is 12.1. The molecule has 1 aliphatic rings. The fourth-order valence-electron chi connectivity index (χ4n) is 3.92. The third-order valence-corrected chi connectivity index (χ3v) is 6.98. The van der Waals surface area contributed by atoms with Crippen molar-refractivity contribution in [1.82, 2.24) is 15.2 Å². The average molecular weight is 482 g/mol. The number of sulfonamides is 1. The Kier molecular flexibility index (Phi) is 5.72. The number of rotatable bonds is 6. The zero-order valence-electron chi connectivity index (χ0n) is 18.4. The van der Waals surface area contributed by atoms with E-state index < -0.39 is 10.0 Å². The number of hydrogen-bond acceptors (Lipinski definition) is 8. The largest absolute Gasteiger partial charge is 0.508 e. The monoisotopic (exact) mass is 481 g/mol. The van der Waals surface area contributed by atoms with E-state index >= 15 is 0 Å². The highest BCUT2D eigenvalue weighted by Crippen LogP contribution is 2.35. The fraction of sp³-hybridized carbons (Fsp3) is 0.217. The number of phenols is 1. The van der Waals surface area contributed by atoms with Crippen molar-refractivity contribution >= 4 is 32.6 Å². The molecule has 1 aliphatic heterocycles. The molecule has 0 atom stereocenters. The summed E-state index contributed by atoms with van der Waals surface area (Å²) in [5.41, 5.74) is 2.16. The van der Waals surface area contributed by atoms with E-state index in [9.17, 15) is 13.5 Å². The predicted octanol–water partition coefficient (Wildman–Crippen LogP) is 2.98. The van der Waals surface area contributed by atoms with Gasteiger partial charge >= 0.3 is 0 Å². The van der Waals surface area contributed by atoms with E-state index in [-0.39, 0.29) is 16.3 Å². The third kappa shape index (κ3) is 4.22. The molecule has 34 heavy (non-hydrogen) atoms. The summed E-state index contributed by atoms with van der Waals surface area (Å²) in [6.07, 6.45) is 1.65. The number of ether oxygens (including phenoxy) is 2. The minimum absolute atomic E-state index is 0.0359. The van der Waals surface area contributed by atoms with Crippen molar-refractivity contribution in [2.75, 3.05) is 43.0 Å². The van der Waals surface area contributed by atoms with Crippen LogP contribution in [-0.2, 0) is 14.8 Å². The molecule has 3 N–H and O–H groups in total. The zero-order chi connectivity index (χ0) is 23.7. The molecule has 5 rings (SSSR count). The molecule has 2 aromatic carbocycles. The lowest BCUT2D eigenvalue weighted by atomic mass is 10.1. The van der Waals surface area contributed by atoms with Gasteiger partial charge in [0.2, 0.25) is 0 Å². The number of nitrogens with one attached hydrogen (secondary N) is 2. The number of hydrogen-bond donors (Lipinski definition) is 3. The molecular formula is C23H23N5O5S. The standard InChI is InChI=1S/C23H23N5O5S/c1-32-21-6-5-18(34(30,31)27-16-3-2-4-17(29)12-16)13-19(21)15-11-20-22(24-14-15)25-26-23(20)28-7-9-33-10-8-28/h2-6,11-14,27,29H,7-10H2,1H3,(H,24,25,26). The molecule has 0 spiro atoms. The average Bonchev–Trinajstić information content (AvgIpc) is 3.27. The van der Waals surface area contributed by atoms with Crippen LogP contribution in [0.5, 0.6) is 11.5 Å². The van der Waals surface area contributed by atoms with Crippen molar-refractivity contribution in [3.63, 3.8) is 0 Å². The van der Waals surface area contributed by atoms with Crippen LogP contribution in [0.3, 0.4) is 0 Å². The van der Waals surface area contributed by atoms with Gasteiger partial charge in [0.25, 0.3) is 10.0 Å². The minimum Gasteiger partial charge on any atom is -0.508 e. The summed E-state index contributed by atoms with van der Waals surface area (Å²) in [7, 11) is -2.39. The van der Waals surface area contributed by atoms with Gasteiger partial charge in [0, 0.05) is 36.5 Å². The van der Waals surface area contributed by atoms with E-state index in [2.05, 4.69) is 24.8 Å². The van der Waals surface area contributed by atoms with E-state index in [1.807, 2.05) is 6.07 Å². The van der Waals surface area contributed by atoms with Crippen LogP contribution in [0.4, 0.5) is 11.5 Å². The van der Waals surface area contributed by atoms with Crippen LogP contribution in [0.15, 0.2) is 59.6 Å². The van der Waals surface area contributed by atoms with Gasteiger partial charge in [-0.05, 0) is 36.4 Å². The Morgan fingerprint density at radius 2 is 1.97 bits per heavy atom. The summed E-state index contributed by atoms with van der Waals surface area (Å²) in [4.78, 5) is 6.67. The summed E-state index contributed by atoms with van der Waals surface area (Å²) in [5, 5.41) is 17.9. The highest BCUT2D eigenvalue weighted by Gasteiger charge is 2.21. The summed E-state index contributed by atoms with van der Waals surface area (Å²) in [6.45, 7) is 2.70. The van der Waals surface area contributed by atoms with Gasteiger partial charge in [-0.1, -0.05) is 6.07 Å². The van der Waals surface area contributed by atoms with Gasteiger partial charge in [-0.15, -0.1) is 0 Å². The Bertz CT molecular complexity index is 1450. The Labute approximate surface area is 196 Å². The maximum absolute atomic E-state index is 13.0. The second kappa shape index (κ2) is 8.84. The molecule has 176 valence electrons. The summed E-state index contributed by atoms with van der Waals surface area (Å²) in [6, 6.07) is 12.5. The first kappa shape index (κ1) is 22.0. The number of anilines is 2. The first-order valence-electron chi connectivity index (χ1n) is 10.6. The summed E-state index contributed by atoms with van der Waals surface area (Å²) >= 11 is 0. The zero-order valence-corrected chi connectivity index (χ0v) is 19.2. The molecular weight excluding hydrogens is 458 g/mol. The molecule has 4 aromatic rings. The van der Waals surface area contributed by atoms with Gasteiger partial charge in [0.05, 0.1) is 36.3 Å². The van der Waals surface area contributed by atoms with Crippen molar-refractivity contribution < 1.29 is 23.0 Å². The lowest BCUT2D eigenvalue weighted by Gasteiger charge is -2.26. The van der Waals surface area contributed by atoms with E-state index in [4.69, 9.17) is 9.47 Å². The first-order chi connectivity index (χ1) is 16.4. The van der Waals surface area contributed by atoms with Crippen LogP contribution in [0, 0.1) is 0 Å². The fourth-order valence-corrected chi connectivity index (χ4v) is 4.99. The molecule has 0 bridgehead atoms. The van der Waals surface area contributed by atoms with Gasteiger partial charge in [0.1, 0.15) is 11.5 Å². The van der Waals surface area contributed by atoms with Crippen molar-refractivity contribution in [2.24, 2.45) is 0 Å². The molecule has 0 aliphatic carbocycles. The van der Waals surface area contributed by atoms with Crippen LogP contribution in [-0.4, -0.2) is 62.1 Å². The third-order valence-electron chi connectivity index (χ3n) is 5.60. The van der Waals surface area contributed by atoms with E-state index in [0.29, 0.717) is 35.7 Å². The normalized spacial score (nSPS) is 14.3. The van der Waals surface area contributed by atoms with Crippen LogP contribution in [0.2, 0.25) is 0 Å². The second-order valence-electron chi connectivity index (χ2n) is 7.78. The van der Waals surface area contributed by atoms with Crippen LogP contribution < -0.4 is 14.4 Å². The lowest BCUT2D eigenvalue weighted by molar-refractivity contribution is 0.122. The summed E-state index contributed by atoms with van der Waals surface area (Å²) < 4.78 is 39.5. The number of methoxy groups -OCH3 is 1. The Balaban J connectivity index is 1.55. The van der Waals surface area contributed by atoms with Crippen LogP contribution in [0.1, 0.15) is 0 Å². The van der Waals surface area contributed by atoms with Crippen LogP contribution in [0.25, 0.3) is 22.2 Å². The molecule has 1 fully saturated rings. The number of nitrogens with zero attached hydrogens (tertiary/aromatic N) is 3. The number of benzene rings is 2. The van der Waals surface area contributed by atoms with E-state index in [1.165, 1.54) is 25.3 Å². The molecule has 3 heterocycles. The second-order valence-corrected chi connectivity index (χ2v) is 9.47. The molecule has 10 nitrogen and oxygen atoms in total. The maximum Gasteiger partial charge on any atom is 0.261 e. The number of aromatic hydroxyl groups is 1. The van der Waals surface area contributed by atoms with Gasteiger partial charge in [-0.2, -0.15) is 5.10 Å². The number of H-pyrrole nitrogens is 1. The minimum atomic E-state index is -3.92. The SMILES string of the molecule is COc1ccc(S(=O)(=O)Nc2cccc(O)c2)cc1-c1cnc2[nH]nc(N3CCOCC3)c2c1. The van der Waals surface area contributed by atoms with Crippen molar-refractivity contribution in [3.05, 3.63) is 54.7 Å². The Morgan fingerprint density at radius 3 is 2.74 bits per heavy atom. The van der Waals surface area contributed by atoms with Crippen molar-refractivity contribution in [2.45, 2.75) is 4.90 Å². The number of aromatic nitrogens is 3. The van der Waals surface area contributed by atoms with Crippen molar-refractivity contribution in [3.8, 4) is 22.6 Å². The van der Waals surface area contributed by atoms with Gasteiger partial charge in [-0.25, -0.2) is 13.4 Å². The Hall–Kier alpha value is -3.83. The van der Waals surface area contributed by atoms with Gasteiger partial charge in [-0.3, -0.25) is 9.82 Å². The molecule has 11 heteroatoms. The molecule has 0 amide bonds. The molecule has 1 saturated heterocycles. The topological polar surface area (TPSA) is 130 Å². The van der Waals surface area contributed by atoms with E-state index in [0.717, 1.165) is 24.3 Å². The number of pyridine rings is 1. The van der Waals surface area contributed by atoms with Crippen molar-refractivity contribution in [1.29, 1.82) is 0 Å². The molecule has 0 unspecified atom stereocenters. The van der Waals surface area contributed by atoms with Gasteiger partial charge < -0.3 is 19.5 Å². The summed E-state index contributed by atoms with van der Waals surface area (Å²) in [5.74, 6) is 1.25. The molecule has 0 saturated carbocycles. The number of fused-ring (bicyclic) bond motifs is 1. The number of aromatic amines is 1. The highest BCUT2D eigenvalue weighted by atomic mass is 32.2. The molecule has 0 radical (unpaired) electrons. The Morgan fingerprint density at radius 1 is 1.15 bits per heavy atom. The molecule has 2 aromatic heterocycles. The maximum atomic E-state index is 13.0. The highest BCUT2D eigenvalue weighted by molar-refractivity contribution is 7.92. The lowest BCUT2D eigenvalue weighted by Crippen LogP contribution is -2.36. The van der Waals surface area contributed by atoms with Gasteiger partial charge in [0.15, 0.2) is 11.5 Å². The predicted molar refractivity (Wildman–Crippen MR) is 128 cm³/mol. The van der Waals surface area contributed by atoms with E-state index in [1.54, 1.807) is 30.5 Å². The number of phenolic OH excluding ortho intramolecular Hbond substituents is 1. The van der Waals surface area contributed by atoms with Crippen LogP contribution >= 0.6 is 0 Å². The number of morpholine rings is 1. The smallest absolute Gasteiger partial charge is 0.261 e.